The van der Waals surface area contributed by atoms with E-state index >= 15 is 0 Å². The first-order valence-corrected chi connectivity index (χ1v) is 15.0. The van der Waals surface area contributed by atoms with Crippen molar-refractivity contribution in [1.82, 2.24) is 16.0 Å². The van der Waals surface area contributed by atoms with Gasteiger partial charge in [0.15, 0.2) is 0 Å². The summed E-state index contributed by atoms with van der Waals surface area (Å²) < 4.78 is 0. The van der Waals surface area contributed by atoms with Crippen LogP contribution in [0.4, 0.5) is 4.79 Å². The lowest BCUT2D eigenvalue weighted by atomic mass is 10.0. The predicted octanol–water partition coefficient (Wildman–Crippen LogP) is 6.95. The predicted molar refractivity (Wildman–Crippen MR) is 150 cm³/mol. The van der Waals surface area contributed by atoms with Crippen molar-refractivity contribution >= 4 is 18.0 Å². The molecule has 0 aliphatic heterocycles. The van der Waals surface area contributed by atoms with Gasteiger partial charge in [0, 0.05) is 13.1 Å². The minimum Gasteiger partial charge on any atom is -0.354 e. The highest BCUT2D eigenvalue weighted by Gasteiger charge is 2.14. The molecule has 0 bridgehead atoms. The largest absolute Gasteiger partial charge is 0.354 e. The van der Waals surface area contributed by atoms with E-state index in [1.807, 2.05) is 0 Å². The fourth-order valence-corrected chi connectivity index (χ4v) is 4.27. The Balaban J connectivity index is 3.41. The number of urea groups is 1. The number of nitrogens with zero attached hydrogens (tertiary/aromatic N) is 1. The van der Waals surface area contributed by atoms with E-state index in [-0.39, 0.29) is 11.9 Å². The van der Waals surface area contributed by atoms with Crippen LogP contribution in [-0.4, -0.2) is 43.7 Å². The number of hydrogen-bond donors (Lipinski definition) is 3. The summed E-state index contributed by atoms with van der Waals surface area (Å²) in [5.41, 5.74) is 0. The third kappa shape index (κ3) is 25.2. The number of unbranched alkanes of at least 4 members (excludes halogenated alkanes) is 18. The molecule has 0 fully saturated rings. The van der Waals surface area contributed by atoms with Crippen LogP contribution in [-0.2, 0) is 9.59 Å². The van der Waals surface area contributed by atoms with Crippen molar-refractivity contribution in [3.05, 3.63) is 0 Å². The van der Waals surface area contributed by atoms with Gasteiger partial charge in [-0.2, -0.15) is 0 Å². The molecule has 7 heteroatoms. The van der Waals surface area contributed by atoms with E-state index in [1.54, 1.807) is 6.92 Å². The summed E-state index contributed by atoms with van der Waals surface area (Å²) in [4.78, 5) is 37.5. The molecule has 0 saturated carbocycles. The van der Waals surface area contributed by atoms with Crippen LogP contribution in [0.25, 0.3) is 0 Å². The average Bonchev–Trinajstić information content (AvgIpc) is 2.87. The number of isocyanates is 1. The fourth-order valence-electron chi connectivity index (χ4n) is 4.27. The van der Waals surface area contributed by atoms with E-state index in [0.717, 1.165) is 38.5 Å². The lowest BCUT2D eigenvalue weighted by Gasteiger charge is -2.14. The van der Waals surface area contributed by atoms with Crippen LogP contribution in [0.15, 0.2) is 4.99 Å². The minimum absolute atomic E-state index is 0.137. The van der Waals surface area contributed by atoms with Gasteiger partial charge in [-0.3, -0.25) is 4.79 Å². The van der Waals surface area contributed by atoms with E-state index in [0.29, 0.717) is 19.6 Å². The quantitative estimate of drug-likeness (QED) is 0.0669. The highest BCUT2D eigenvalue weighted by Crippen LogP contribution is 2.13. The van der Waals surface area contributed by atoms with E-state index in [9.17, 15) is 14.4 Å². The van der Waals surface area contributed by atoms with Crippen molar-refractivity contribution in [2.24, 2.45) is 4.99 Å². The number of rotatable bonds is 26. The van der Waals surface area contributed by atoms with Gasteiger partial charge in [-0.05, 0) is 26.2 Å². The summed E-state index contributed by atoms with van der Waals surface area (Å²) in [6.45, 7) is 5.73. The Morgan fingerprint density at radius 1 is 0.639 bits per heavy atom. The van der Waals surface area contributed by atoms with E-state index in [1.165, 1.54) is 96.0 Å². The number of aliphatic imine (C=N–C) groups is 1. The topological polar surface area (TPSA) is 99.7 Å². The van der Waals surface area contributed by atoms with Gasteiger partial charge in [0.2, 0.25) is 12.0 Å². The van der Waals surface area contributed by atoms with Gasteiger partial charge < -0.3 is 16.0 Å². The first-order valence-electron chi connectivity index (χ1n) is 15.0. The van der Waals surface area contributed by atoms with Crippen molar-refractivity contribution in [2.75, 3.05) is 19.6 Å². The van der Waals surface area contributed by atoms with E-state index in [4.69, 9.17) is 0 Å². The zero-order chi connectivity index (χ0) is 26.5. The first-order chi connectivity index (χ1) is 17.6. The summed E-state index contributed by atoms with van der Waals surface area (Å²) in [5, 5.41) is 8.39. The van der Waals surface area contributed by atoms with Crippen LogP contribution in [0.2, 0.25) is 0 Å². The molecule has 0 saturated heterocycles. The van der Waals surface area contributed by atoms with Crippen molar-refractivity contribution in [3.8, 4) is 0 Å². The molecule has 3 N–H and O–H groups in total. The zero-order valence-electron chi connectivity index (χ0n) is 23.5. The van der Waals surface area contributed by atoms with Crippen LogP contribution >= 0.6 is 0 Å². The Morgan fingerprint density at radius 3 is 1.53 bits per heavy atom. The summed E-state index contributed by atoms with van der Waals surface area (Å²) in [6, 6.07) is -0.863. The summed E-state index contributed by atoms with van der Waals surface area (Å²) in [6.07, 6.45) is 26.5. The molecule has 210 valence electrons. The number of carbonyl (C=O) groups excluding carboxylic acids is 3. The smallest absolute Gasteiger partial charge is 0.315 e. The molecule has 1 atom stereocenters. The van der Waals surface area contributed by atoms with Gasteiger partial charge in [0.1, 0.15) is 6.04 Å². The Morgan fingerprint density at radius 2 is 1.06 bits per heavy atom. The Hall–Kier alpha value is -1.88. The molecule has 0 aliphatic rings. The third-order valence-electron chi connectivity index (χ3n) is 6.62. The number of hydrogen-bond acceptors (Lipinski definition) is 4. The standard InChI is InChI=1S/C29H56N4O3/c1-3-4-5-6-7-8-9-10-11-12-13-14-15-16-17-21-24-31-28(35)27(2)33-29(36)32-25-22-19-18-20-23-30-26-34/h27H,3-25H2,1-2H3,(H,31,35)(H2,32,33,36)/t27-/m0/s1. The second-order valence-corrected chi connectivity index (χ2v) is 10.1. The van der Waals surface area contributed by atoms with Crippen LogP contribution in [0.5, 0.6) is 0 Å². The number of nitrogens with one attached hydrogen (secondary N) is 3. The number of carbonyl (C=O) groups is 2. The third-order valence-corrected chi connectivity index (χ3v) is 6.62. The molecule has 0 heterocycles. The van der Waals surface area contributed by atoms with E-state index in [2.05, 4.69) is 27.9 Å². The lowest BCUT2D eigenvalue weighted by molar-refractivity contribution is -0.122. The van der Waals surface area contributed by atoms with E-state index < -0.39 is 6.04 Å². The highest BCUT2D eigenvalue weighted by atomic mass is 16.2. The molecule has 0 aliphatic carbocycles. The Kier molecular flexibility index (Phi) is 26.3. The summed E-state index contributed by atoms with van der Waals surface area (Å²) >= 11 is 0. The molecule has 0 aromatic rings. The second-order valence-electron chi connectivity index (χ2n) is 10.1. The monoisotopic (exact) mass is 508 g/mol. The van der Waals surface area contributed by atoms with Crippen LogP contribution < -0.4 is 16.0 Å². The van der Waals surface area contributed by atoms with Crippen molar-refractivity contribution < 1.29 is 14.4 Å². The van der Waals surface area contributed by atoms with Crippen LogP contribution in [0.1, 0.15) is 142 Å². The number of amides is 3. The molecule has 3 amide bonds. The maximum Gasteiger partial charge on any atom is 0.315 e. The normalized spacial score (nSPS) is 11.5. The van der Waals surface area contributed by atoms with Crippen molar-refractivity contribution in [3.63, 3.8) is 0 Å². The molecular weight excluding hydrogens is 452 g/mol. The lowest BCUT2D eigenvalue weighted by Crippen LogP contribution is -2.48. The zero-order valence-corrected chi connectivity index (χ0v) is 23.5. The van der Waals surface area contributed by atoms with Crippen molar-refractivity contribution in [1.29, 1.82) is 0 Å². The van der Waals surface area contributed by atoms with Gasteiger partial charge in [0.05, 0.1) is 6.54 Å². The average molecular weight is 509 g/mol. The Bertz CT molecular complexity index is 565. The first kappa shape index (κ1) is 34.1. The summed E-state index contributed by atoms with van der Waals surface area (Å²) in [7, 11) is 0. The molecular formula is C29H56N4O3. The fraction of sp³-hybridized carbons (Fsp3) is 0.897. The maximum atomic E-state index is 12.2. The molecule has 0 spiro atoms. The van der Waals surface area contributed by atoms with Gasteiger partial charge >= 0.3 is 6.03 Å². The molecule has 36 heavy (non-hydrogen) atoms. The minimum atomic E-state index is -0.549. The second kappa shape index (κ2) is 27.7. The van der Waals surface area contributed by atoms with Crippen molar-refractivity contribution in [2.45, 2.75) is 148 Å². The molecule has 0 radical (unpaired) electrons. The molecule has 0 aromatic carbocycles. The molecule has 0 aromatic heterocycles. The molecule has 0 unspecified atom stereocenters. The van der Waals surface area contributed by atoms with Crippen LogP contribution in [0, 0.1) is 0 Å². The van der Waals surface area contributed by atoms with Gasteiger partial charge in [-0.25, -0.2) is 14.6 Å². The van der Waals surface area contributed by atoms with Crippen LogP contribution in [0.3, 0.4) is 0 Å². The van der Waals surface area contributed by atoms with Gasteiger partial charge in [-0.15, -0.1) is 0 Å². The Labute approximate surface area is 221 Å². The SMILES string of the molecule is CCCCCCCCCCCCCCCCCCNC(=O)[C@H](C)NC(=O)NCCCCCCN=C=O. The maximum absolute atomic E-state index is 12.2. The molecule has 7 nitrogen and oxygen atoms in total. The molecule has 0 rings (SSSR count). The summed E-state index contributed by atoms with van der Waals surface area (Å²) in [5.74, 6) is -0.137. The highest BCUT2D eigenvalue weighted by molar-refractivity contribution is 5.86. The van der Waals surface area contributed by atoms with Gasteiger partial charge in [-0.1, -0.05) is 116 Å². The van der Waals surface area contributed by atoms with Gasteiger partial charge in [0.25, 0.3) is 0 Å².